The summed E-state index contributed by atoms with van der Waals surface area (Å²) in [5.41, 5.74) is 1.34. The summed E-state index contributed by atoms with van der Waals surface area (Å²) in [5, 5.41) is 12.9. The summed E-state index contributed by atoms with van der Waals surface area (Å²) in [5.74, 6) is 0.358. The van der Waals surface area contributed by atoms with E-state index in [-0.39, 0.29) is 23.1 Å². The van der Waals surface area contributed by atoms with Crippen LogP contribution in [0.2, 0.25) is 0 Å². The molecule has 0 radical (unpaired) electrons. The van der Waals surface area contributed by atoms with Crippen molar-refractivity contribution in [2.45, 2.75) is 23.5 Å². The lowest BCUT2D eigenvalue weighted by Crippen LogP contribution is -2.17. The molecule has 1 aliphatic rings. The Morgan fingerprint density at radius 2 is 1.85 bits per heavy atom. The van der Waals surface area contributed by atoms with Gasteiger partial charge in [-0.05, 0) is 23.8 Å². The second-order valence-electron chi connectivity index (χ2n) is 8.05. The highest BCUT2D eigenvalue weighted by Crippen LogP contribution is 2.38. The number of benzene rings is 2. The monoisotopic (exact) mass is 484 g/mol. The third kappa shape index (κ3) is 5.36. The molecule has 9 heteroatoms. The molecule has 1 aromatic heterocycles. The number of nitrogens with one attached hydrogen (secondary N) is 1. The zero-order valence-corrected chi connectivity index (χ0v) is 19.5. The molecule has 1 N–H and O–H groups in total. The van der Waals surface area contributed by atoms with Gasteiger partial charge in [0.25, 0.3) is 0 Å². The smallest absolute Gasteiger partial charge is 0.378 e. The molecule has 1 fully saturated rings. The van der Waals surface area contributed by atoms with Crippen LogP contribution < -0.4 is 10.2 Å². The third-order valence-electron chi connectivity index (χ3n) is 5.45. The number of nitrogens with zero attached hydrogens (tertiary/aromatic N) is 3. The minimum Gasteiger partial charge on any atom is -0.378 e. The maximum Gasteiger partial charge on any atom is 0.417 e. The fourth-order valence-electron chi connectivity index (χ4n) is 3.66. The molecular formula is C25H23F3N4OS. The van der Waals surface area contributed by atoms with Gasteiger partial charge in [0.2, 0.25) is 0 Å². The van der Waals surface area contributed by atoms with Crippen molar-refractivity contribution < 1.29 is 17.9 Å². The molecule has 0 bridgehead atoms. The zero-order valence-electron chi connectivity index (χ0n) is 18.6. The van der Waals surface area contributed by atoms with Gasteiger partial charge in [-0.1, -0.05) is 42.5 Å². The highest BCUT2D eigenvalue weighted by atomic mass is 32.2. The second-order valence-corrected chi connectivity index (χ2v) is 9.06. The fourth-order valence-corrected chi connectivity index (χ4v) is 4.66. The van der Waals surface area contributed by atoms with Gasteiger partial charge >= 0.3 is 6.18 Å². The van der Waals surface area contributed by atoms with Crippen LogP contribution in [0.1, 0.15) is 22.9 Å². The Balaban J connectivity index is 1.53. The summed E-state index contributed by atoms with van der Waals surface area (Å²) in [6.45, 7) is 0.541. The normalized spacial score (nSPS) is 18.0. The molecule has 2 atom stereocenters. The van der Waals surface area contributed by atoms with Crippen molar-refractivity contribution in [3.05, 3.63) is 77.4 Å². The maximum atomic E-state index is 13.7. The van der Waals surface area contributed by atoms with E-state index < -0.39 is 17.3 Å². The fraction of sp³-hybridized carbons (Fsp3) is 0.280. The number of ether oxygens (including phenoxy) is 1. The molecule has 1 aliphatic heterocycles. The summed E-state index contributed by atoms with van der Waals surface area (Å²) in [7, 11) is 3.93. The van der Waals surface area contributed by atoms with Crippen molar-refractivity contribution in [2.24, 2.45) is 0 Å². The van der Waals surface area contributed by atoms with Crippen molar-refractivity contribution >= 4 is 17.4 Å². The first kappa shape index (κ1) is 24.1. The van der Waals surface area contributed by atoms with Crippen molar-refractivity contribution in [3.63, 3.8) is 0 Å². The minimum atomic E-state index is -4.66. The number of alkyl halides is 3. The first-order valence-corrected chi connectivity index (χ1v) is 11.6. The standard InChI is InChI=1S/C25H23F3N4OS/c1-32(2)18-10-8-17(9-11-18)23-30-14-19(33-23)15-34-24-20(13-29)21(25(26,27)28)12-22(31-24)16-6-4-3-5-7-16/h3-12,19,23,30H,14-15H2,1-2H3/t19-,23+/m1/s1. The molecule has 0 saturated carbocycles. The largest absolute Gasteiger partial charge is 0.417 e. The summed E-state index contributed by atoms with van der Waals surface area (Å²) >= 11 is 1.11. The van der Waals surface area contributed by atoms with E-state index in [1.807, 2.05) is 43.3 Å². The van der Waals surface area contributed by atoms with Crippen LogP contribution in [0.4, 0.5) is 18.9 Å². The summed E-state index contributed by atoms with van der Waals surface area (Å²) in [4.78, 5) is 6.42. The number of aromatic nitrogens is 1. The lowest BCUT2D eigenvalue weighted by Gasteiger charge is -2.17. The molecular weight excluding hydrogens is 461 g/mol. The molecule has 0 spiro atoms. The summed E-state index contributed by atoms with van der Waals surface area (Å²) in [6, 6.07) is 19.3. The van der Waals surface area contributed by atoms with Gasteiger partial charge in [0.1, 0.15) is 17.3 Å². The number of nitriles is 1. The number of hydrogen-bond donors (Lipinski definition) is 1. The van der Waals surface area contributed by atoms with Gasteiger partial charge in [0, 0.05) is 37.6 Å². The molecule has 4 rings (SSSR count). The van der Waals surface area contributed by atoms with Gasteiger partial charge in [-0.2, -0.15) is 18.4 Å². The molecule has 2 heterocycles. The van der Waals surface area contributed by atoms with E-state index in [0.717, 1.165) is 29.1 Å². The van der Waals surface area contributed by atoms with Gasteiger partial charge in [-0.3, -0.25) is 5.32 Å². The Bertz CT molecular complexity index is 1180. The molecule has 2 aromatic carbocycles. The number of pyridine rings is 1. The maximum absolute atomic E-state index is 13.7. The highest BCUT2D eigenvalue weighted by molar-refractivity contribution is 7.99. The lowest BCUT2D eigenvalue weighted by molar-refractivity contribution is -0.138. The first-order valence-electron chi connectivity index (χ1n) is 10.6. The van der Waals surface area contributed by atoms with Gasteiger partial charge in [0.15, 0.2) is 0 Å². The van der Waals surface area contributed by atoms with E-state index in [1.165, 1.54) is 0 Å². The lowest BCUT2D eigenvalue weighted by atomic mass is 10.1. The van der Waals surface area contributed by atoms with E-state index in [1.54, 1.807) is 36.4 Å². The first-order chi connectivity index (χ1) is 16.3. The van der Waals surface area contributed by atoms with Crippen LogP contribution in [-0.2, 0) is 10.9 Å². The molecule has 0 aliphatic carbocycles. The van der Waals surface area contributed by atoms with Crippen molar-refractivity contribution in [2.75, 3.05) is 31.3 Å². The molecule has 0 unspecified atom stereocenters. The molecule has 5 nitrogen and oxygen atoms in total. The van der Waals surface area contributed by atoms with E-state index in [4.69, 9.17) is 4.74 Å². The zero-order chi connectivity index (χ0) is 24.3. The predicted octanol–water partition coefficient (Wildman–Crippen LogP) is 5.48. The Morgan fingerprint density at radius 3 is 2.47 bits per heavy atom. The van der Waals surface area contributed by atoms with E-state index in [2.05, 4.69) is 10.3 Å². The van der Waals surface area contributed by atoms with Crippen molar-refractivity contribution in [3.8, 4) is 17.3 Å². The predicted molar refractivity (Wildman–Crippen MR) is 126 cm³/mol. The van der Waals surface area contributed by atoms with Crippen LogP contribution >= 0.6 is 11.8 Å². The van der Waals surface area contributed by atoms with Crippen molar-refractivity contribution in [1.29, 1.82) is 5.26 Å². The van der Waals surface area contributed by atoms with Gasteiger partial charge in [0.05, 0.1) is 22.9 Å². The van der Waals surface area contributed by atoms with Crippen LogP contribution in [-0.4, -0.2) is 37.5 Å². The van der Waals surface area contributed by atoms with Gasteiger partial charge in [-0.25, -0.2) is 4.98 Å². The number of rotatable bonds is 6. The second kappa shape index (κ2) is 10.1. The third-order valence-corrected chi connectivity index (χ3v) is 6.56. The summed E-state index contributed by atoms with van der Waals surface area (Å²) in [6.07, 6.45) is -5.21. The molecule has 34 heavy (non-hydrogen) atoms. The number of halogens is 3. The van der Waals surface area contributed by atoms with E-state index >= 15 is 0 Å². The summed E-state index contributed by atoms with van der Waals surface area (Å²) < 4.78 is 47.3. The van der Waals surface area contributed by atoms with Crippen LogP contribution in [0.25, 0.3) is 11.3 Å². The Kier molecular flexibility index (Phi) is 7.12. The van der Waals surface area contributed by atoms with E-state index in [9.17, 15) is 18.4 Å². The van der Waals surface area contributed by atoms with Crippen LogP contribution in [0, 0.1) is 11.3 Å². The number of anilines is 1. The topological polar surface area (TPSA) is 61.2 Å². The highest BCUT2D eigenvalue weighted by Gasteiger charge is 2.36. The Hall–Kier alpha value is -3.06. The van der Waals surface area contributed by atoms with Crippen LogP contribution in [0.3, 0.4) is 0 Å². The van der Waals surface area contributed by atoms with E-state index in [0.29, 0.717) is 17.9 Å². The minimum absolute atomic E-state index is 0.0542. The molecule has 176 valence electrons. The van der Waals surface area contributed by atoms with Crippen LogP contribution in [0.5, 0.6) is 0 Å². The van der Waals surface area contributed by atoms with Gasteiger partial charge < -0.3 is 9.64 Å². The quantitative estimate of drug-likeness (QED) is 0.468. The average Bonchev–Trinajstić information content (AvgIpc) is 3.31. The molecule has 0 amide bonds. The van der Waals surface area contributed by atoms with Gasteiger partial charge in [-0.15, -0.1) is 11.8 Å². The number of hydrogen-bond acceptors (Lipinski definition) is 6. The number of thioether (sulfide) groups is 1. The van der Waals surface area contributed by atoms with Crippen LogP contribution in [0.15, 0.2) is 65.7 Å². The van der Waals surface area contributed by atoms with Crippen molar-refractivity contribution in [1.82, 2.24) is 10.3 Å². The molecule has 1 saturated heterocycles. The SMILES string of the molecule is CN(C)c1ccc([C@H]2NC[C@H](CSc3nc(-c4ccccc4)cc(C(F)(F)F)c3C#N)O2)cc1. The Morgan fingerprint density at radius 1 is 1.15 bits per heavy atom. The Labute approximate surface area is 200 Å². The molecule has 3 aromatic rings. The average molecular weight is 485 g/mol.